The zero-order chi connectivity index (χ0) is 14.5. The molecule has 1 aromatic heterocycles. The average Bonchev–Trinajstić information content (AvgIpc) is 2.94. The maximum atomic E-state index is 12.0. The molecule has 1 aliphatic heterocycles. The van der Waals surface area contributed by atoms with E-state index in [1.54, 1.807) is 0 Å². The highest BCUT2D eigenvalue weighted by Crippen LogP contribution is 2.33. The molecule has 20 heavy (non-hydrogen) atoms. The number of aromatic carboxylic acids is 1. The molecule has 7 heteroatoms. The van der Waals surface area contributed by atoms with Gasteiger partial charge in [0.1, 0.15) is 6.61 Å². The molecule has 108 valence electrons. The minimum atomic E-state index is -1.17. The van der Waals surface area contributed by atoms with E-state index in [2.05, 4.69) is 11.6 Å². The molecule has 0 saturated carbocycles. The minimum Gasteiger partial charge on any atom is -0.476 e. The summed E-state index contributed by atoms with van der Waals surface area (Å²) in [5.74, 6) is -0.966. The van der Waals surface area contributed by atoms with E-state index in [0.717, 1.165) is 19.2 Å². The summed E-state index contributed by atoms with van der Waals surface area (Å²) in [5, 5.41) is 9.08. The van der Waals surface area contributed by atoms with Gasteiger partial charge in [0.25, 0.3) is 0 Å². The molecular weight excluding hydrogens is 264 g/mol. The summed E-state index contributed by atoms with van der Waals surface area (Å²) in [5.41, 5.74) is -0.154. The third-order valence-electron chi connectivity index (χ3n) is 3.16. The fourth-order valence-electron chi connectivity index (χ4n) is 2.29. The number of carboxylic acid groups (broad SMARTS) is 1. The number of oxazole rings is 1. The van der Waals surface area contributed by atoms with Gasteiger partial charge in [-0.1, -0.05) is 12.7 Å². The summed E-state index contributed by atoms with van der Waals surface area (Å²) in [4.78, 5) is 28.3. The second-order valence-electron chi connectivity index (χ2n) is 4.44. The first-order valence-electron chi connectivity index (χ1n) is 6.36. The van der Waals surface area contributed by atoms with Crippen LogP contribution in [-0.2, 0) is 4.74 Å². The lowest BCUT2D eigenvalue weighted by atomic mass is 9.99. The van der Waals surface area contributed by atoms with Crippen molar-refractivity contribution in [3.8, 4) is 0 Å². The number of nitrogens with zero attached hydrogens (tertiary/aromatic N) is 2. The number of hydrogen-bond acceptors (Lipinski definition) is 5. The second-order valence-corrected chi connectivity index (χ2v) is 4.44. The van der Waals surface area contributed by atoms with Crippen LogP contribution in [0.5, 0.6) is 0 Å². The molecular formula is C13H16N2O5. The summed E-state index contributed by atoms with van der Waals surface area (Å²) in [6.45, 7) is 4.10. The maximum absolute atomic E-state index is 12.0. The zero-order valence-electron chi connectivity index (χ0n) is 10.9. The number of likely N-dealkylation sites (tertiary alicyclic amines) is 1. The van der Waals surface area contributed by atoms with Crippen molar-refractivity contribution in [2.24, 2.45) is 0 Å². The topological polar surface area (TPSA) is 92.9 Å². The van der Waals surface area contributed by atoms with Crippen LogP contribution in [-0.4, -0.2) is 40.2 Å². The number of carbonyl (C=O) groups excluding carboxylic acids is 1. The molecule has 0 aliphatic carbocycles. The van der Waals surface area contributed by atoms with E-state index in [1.165, 1.54) is 11.0 Å². The monoisotopic (exact) mass is 280 g/mol. The van der Waals surface area contributed by atoms with Crippen molar-refractivity contribution >= 4 is 12.1 Å². The molecule has 1 amide bonds. The average molecular weight is 280 g/mol. The van der Waals surface area contributed by atoms with Gasteiger partial charge in [-0.05, 0) is 19.3 Å². The first kappa shape index (κ1) is 14.1. The first-order valence-corrected chi connectivity index (χ1v) is 6.36. The van der Waals surface area contributed by atoms with Gasteiger partial charge in [0.2, 0.25) is 0 Å². The third-order valence-corrected chi connectivity index (χ3v) is 3.16. The second kappa shape index (κ2) is 6.23. The molecule has 1 aromatic rings. The lowest BCUT2D eigenvalue weighted by Crippen LogP contribution is -2.39. The van der Waals surface area contributed by atoms with E-state index in [4.69, 9.17) is 14.3 Å². The van der Waals surface area contributed by atoms with E-state index in [-0.39, 0.29) is 18.1 Å². The molecule has 0 spiro atoms. The quantitative estimate of drug-likeness (QED) is 0.850. The number of piperidine rings is 1. The van der Waals surface area contributed by atoms with Crippen LogP contribution in [0.4, 0.5) is 4.79 Å². The van der Waals surface area contributed by atoms with E-state index in [0.29, 0.717) is 13.0 Å². The molecule has 0 aromatic carbocycles. The van der Waals surface area contributed by atoms with Gasteiger partial charge in [0.15, 0.2) is 17.8 Å². The number of amides is 1. The lowest BCUT2D eigenvalue weighted by Gasteiger charge is -2.33. The molecule has 0 bridgehead atoms. The van der Waals surface area contributed by atoms with Gasteiger partial charge < -0.3 is 14.3 Å². The fourth-order valence-corrected chi connectivity index (χ4v) is 2.29. The summed E-state index contributed by atoms with van der Waals surface area (Å²) in [6, 6.07) is -0.449. The van der Waals surface area contributed by atoms with Crippen molar-refractivity contribution < 1.29 is 23.8 Å². The Balaban J connectivity index is 2.22. The summed E-state index contributed by atoms with van der Waals surface area (Å²) >= 11 is 0. The van der Waals surface area contributed by atoms with Gasteiger partial charge in [-0.3, -0.25) is 4.90 Å². The summed E-state index contributed by atoms with van der Waals surface area (Å²) in [6.07, 6.45) is 4.42. The van der Waals surface area contributed by atoms with E-state index in [9.17, 15) is 9.59 Å². The highest BCUT2D eigenvalue weighted by atomic mass is 16.6. The number of ether oxygens (including phenoxy) is 1. The predicted molar refractivity (Wildman–Crippen MR) is 68.3 cm³/mol. The highest BCUT2D eigenvalue weighted by Gasteiger charge is 2.34. The molecule has 0 radical (unpaired) electrons. The van der Waals surface area contributed by atoms with E-state index in [1.807, 2.05) is 0 Å². The van der Waals surface area contributed by atoms with Crippen molar-refractivity contribution in [1.82, 2.24) is 9.88 Å². The highest BCUT2D eigenvalue weighted by molar-refractivity contribution is 5.86. The molecule has 1 unspecified atom stereocenters. The molecule has 1 atom stereocenters. The van der Waals surface area contributed by atoms with Crippen LogP contribution in [0.1, 0.15) is 41.6 Å². The molecule has 7 nitrogen and oxygen atoms in total. The molecule has 1 aliphatic rings. The predicted octanol–water partition coefficient (Wildman–Crippen LogP) is 2.22. The van der Waals surface area contributed by atoms with Gasteiger partial charge in [0, 0.05) is 6.54 Å². The largest absolute Gasteiger partial charge is 0.476 e. The molecule has 1 saturated heterocycles. The van der Waals surface area contributed by atoms with Gasteiger partial charge in [-0.15, -0.1) is 0 Å². The molecule has 2 rings (SSSR count). The van der Waals surface area contributed by atoms with Crippen LogP contribution in [0.2, 0.25) is 0 Å². The maximum Gasteiger partial charge on any atom is 0.410 e. The Morgan fingerprint density at radius 3 is 3.10 bits per heavy atom. The van der Waals surface area contributed by atoms with E-state index < -0.39 is 18.1 Å². The third kappa shape index (κ3) is 2.81. The van der Waals surface area contributed by atoms with Crippen molar-refractivity contribution in [2.75, 3.05) is 13.2 Å². The van der Waals surface area contributed by atoms with Crippen LogP contribution in [0.25, 0.3) is 0 Å². The molecule has 1 N–H and O–H groups in total. The van der Waals surface area contributed by atoms with Crippen LogP contribution in [0.15, 0.2) is 23.5 Å². The van der Waals surface area contributed by atoms with Crippen LogP contribution >= 0.6 is 0 Å². The summed E-state index contributed by atoms with van der Waals surface area (Å²) in [7, 11) is 0. The number of rotatable bonds is 4. The Hall–Kier alpha value is -2.31. The van der Waals surface area contributed by atoms with Crippen LogP contribution < -0.4 is 0 Å². The number of carboxylic acids is 1. The normalized spacial score (nSPS) is 18.6. The van der Waals surface area contributed by atoms with Gasteiger partial charge in [0.05, 0.1) is 6.04 Å². The van der Waals surface area contributed by atoms with Crippen LogP contribution in [0.3, 0.4) is 0 Å². The summed E-state index contributed by atoms with van der Waals surface area (Å²) < 4.78 is 10.2. The lowest BCUT2D eigenvalue weighted by molar-refractivity contribution is 0.0647. The number of hydrogen-bond donors (Lipinski definition) is 1. The van der Waals surface area contributed by atoms with Crippen molar-refractivity contribution in [1.29, 1.82) is 0 Å². The van der Waals surface area contributed by atoms with E-state index >= 15 is 0 Å². The Morgan fingerprint density at radius 1 is 1.60 bits per heavy atom. The zero-order valence-corrected chi connectivity index (χ0v) is 10.9. The fraction of sp³-hybridized carbons (Fsp3) is 0.462. The number of carbonyl (C=O) groups is 2. The molecule has 1 fully saturated rings. The Labute approximate surface area is 115 Å². The van der Waals surface area contributed by atoms with Crippen molar-refractivity contribution in [3.05, 3.63) is 30.5 Å². The Kier molecular flexibility index (Phi) is 4.39. The number of aromatic nitrogens is 1. The first-order chi connectivity index (χ1) is 9.65. The SMILES string of the molecule is C=CCOC(=O)N1CCCCC1c1ocnc1C(=O)O. The van der Waals surface area contributed by atoms with Gasteiger partial charge in [-0.25, -0.2) is 14.6 Å². The minimum absolute atomic E-state index is 0.115. The van der Waals surface area contributed by atoms with Crippen molar-refractivity contribution in [2.45, 2.75) is 25.3 Å². The standard InChI is InChI=1S/C13H16N2O5/c1-2-7-19-13(18)15-6-4-3-5-9(15)11-10(12(16)17)14-8-20-11/h2,8-9H,1,3-7H2,(H,16,17). The van der Waals surface area contributed by atoms with Gasteiger partial charge >= 0.3 is 12.1 Å². The van der Waals surface area contributed by atoms with Crippen molar-refractivity contribution in [3.63, 3.8) is 0 Å². The van der Waals surface area contributed by atoms with Crippen LogP contribution in [0, 0.1) is 0 Å². The molecule has 2 heterocycles. The smallest absolute Gasteiger partial charge is 0.410 e. The van der Waals surface area contributed by atoms with Gasteiger partial charge in [-0.2, -0.15) is 0 Å². The Bertz CT molecular complexity index is 511. The Morgan fingerprint density at radius 2 is 2.40 bits per heavy atom.